The second-order valence-corrected chi connectivity index (χ2v) is 12.8. The molecule has 0 aliphatic carbocycles. The van der Waals surface area contributed by atoms with Gasteiger partial charge in [0.15, 0.2) is 0 Å². The Morgan fingerprint density at radius 1 is 1.14 bits per heavy atom. The minimum Gasteiger partial charge on any atom is -0.341 e. The third kappa shape index (κ3) is 4.54. The summed E-state index contributed by atoms with van der Waals surface area (Å²) in [5.41, 5.74) is 3.72. The fourth-order valence-corrected chi connectivity index (χ4v) is 7.40. The third-order valence-corrected chi connectivity index (χ3v) is 9.73. The van der Waals surface area contributed by atoms with Crippen molar-refractivity contribution in [2.45, 2.75) is 49.5 Å². The van der Waals surface area contributed by atoms with Crippen LogP contribution < -0.4 is 14.5 Å². The molecule has 1 unspecified atom stereocenters. The van der Waals surface area contributed by atoms with Crippen molar-refractivity contribution in [2.24, 2.45) is 0 Å². The fraction of sp³-hybridized carbons (Fsp3) is 0.407. The zero-order valence-electron chi connectivity index (χ0n) is 21.2. The van der Waals surface area contributed by atoms with Crippen LogP contribution in [0, 0.1) is 0 Å². The molecule has 0 bridgehead atoms. The third-order valence-electron chi connectivity index (χ3n) is 7.48. The van der Waals surface area contributed by atoms with Gasteiger partial charge in [-0.1, -0.05) is 43.3 Å². The Balaban J connectivity index is 1.45. The highest BCUT2D eigenvalue weighted by Gasteiger charge is 2.45. The van der Waals surface area contributed by atoms with Crippen LogP contribution in [0.4, 0.5) is 23.1 Å². The van der Waals surface area contributed by atoms with Crippen LogP contribution in [0.15, 0.2) is 59.5 Å². The second-order valence-electron chi connectivity index (χ2n) is 9.82. The lowest BCUT2D eigenvalue weighted by Crippen LogP contribution is -2.42. The topological polar surface area (TPSA) is 78.4 Å². The first-order valence-corrected chi connectivity index (χ1v) is 15.2. The van der Waals surface area contributed by atoms with Crippen molar-refractivity contribution in [1.82, 2.24) is 9.97 Å². The highest BCUT2D eigenvalue weighted by molar-refractivity contribution is 7.99. The summed E-state index contributed by atoms with van der Waals surface area (Å²) in [5, 5.41) is 3.49. The zero-order valence-corrected chi connectivity index (χ0v) is 22.9. The summed E-state index contributed by atoms with van der Waals surface area (Å²) in [7, 11) is -1.32. The molecule has 0 spiro atoms. The summed E-state index contributed by atoms with van der Waals surface area (Å²) >= 11 is 1.80. The predicted octanol–water partition coefficient (Wildman–Crippen LogP) is 5.21. The molecule has 0 radical (unpaired) electrons. The number of sulfonamides is 1. The number of hydrogen-bond donors (Lipinski definition) is 1. The normalized spacial score (nSPS) is 19.6. The fourth-order valence-electron chi connectivity index (χ4n) is 5.36. The number of rotatable bonds is 8. The summed E-state index contributed by atoms with van der Waals surface area (Å²) in [6.07, 6.45) is 3.86. The number of hydrogen-bond acceptors (Lipinski definition) is 7. The Morgan fingerprint density at radius 3 is 2.58 bits per heavy atom. The number of benzene rings is 2. The Bertz CT molecular complexity index is 1370. The van der Waals surface area contributed by atoms with Crippen LogP contribution in [0.3, 0.4) is 0 Å². The minimum atomic E-state index is -3.36. The average Bonchev–Trinajstić information content (AvgIpc) is 3.48. The molecule has 36 heavy (non-hydrogen) atoms. The summed E-state index contributed by atoms with van der Waals surface area (Å²) < 4.78 is 26.8. The maximum absolute atomic E-state index is 12.6. The first-order valence-electron chi connectivity index (χ1n) is 12.4. The van der Waals surface area contributed by atoms with E-state index in [0.717, 1.165) is 58.4 Å². The van der Waals surface area contributed by atoms with Crippen molar-refractivity contribution in [3.05, 3.63) is 65.9 Å². The maximum atomic E-state index is 12.6. The molecule has 3 aromatic rings. The van der Waals surface area contributed by atoms with Gasteiger partial charge in [-0.3, -0.25) is 4.31 Å². The molecule has 1 N–H and O–H groups in total. The number of nitrogens with one attached hydrogen (secondary N) is 1. The van der Waals surface area contributed by atoms with Crippen molar-refractivity contribution >= 4 is 44.9 Å². The van der Waals surface area contributed by atoms with Crippen LogP contribution in [0.25, 0.3) is 0 Å². The Kier molecular flexibility index (Phi) is 6.63. The first-order chi connectivity index (χ1) is 17.2. The Labute approximate surface area is 218 Å². The van der Waals surface area contributed by atoms with Crippen LogP contribution in [0.1, 0.15) is 37.9 Å². The molecular weight excluding hydrogens is 490 g/mol. The van der Waals surface area contributed by atoms with E-state index in [4.69, 9.17) is 9.97 Å². The van der Waals surface area contributed by atoms with Gasteiger partial charge in [0.2, 0.25) is 16.0 Å². The van der Waals surface area contributed by atoms with Gasteiger partial charge in [0.25, 0.3) is 0 Å². The smallest absolute Gasteiger partial charge is 0.232 e. The quantitative estimate of drug-likeness (QED) is 0.434. The molecule has 1 aromatic heterocycles. The Morgan fingerprint density at radius 2 is 1.86 bits per heavy atom. The molecule has 2 atom stereocenters. The van der Waals surface area contributed by atoms with Gasteiger partial charge < -0.3 is 10.2 Å². The monoisotopic (exact) mass is 523 g/mol. The molecule has 0 saturated carbocycles. The molecule has 2 aliphatic rings. The number of thioether (sulfide) groups is 1. The van der Waals surface area contributed by atoms with Crippen LogP contribution >= 0.6 is 11.8 Å². The van der Waals surface area contributed by atoms with E-state index in [-0.39, 0.29) is 11.5 Å². The van der Waals surface area contributed by atoms with Crippen molar-refractivity contribution in [3.63, 3.8) is 0 Å². The number of aromatic nitrogens is 2. The van der Waals surface area contributed by atoms with Crippen molar-refractivity contribution in [2.75, 3.05) is 40.1 Å². The van der Waals surface area contributed by atoms with E-state index in [0.29, 0.717) is 12.5 Å². The highest BCUT2D eigenvalue weighted by Crippen LogP contribution is 2.47. The summed E-state index contributed by atoms with van der Waals surface area (Å²) in [6.45, 7) is 4.79. The predicted molar refractivity (Wildman–Crippen MR) is 149 cm³/mol. The van der Waals surface area contributed by atoms with Gasteiger partial charge in [0.1, 0.15) is 5.82 Å². The van der Waals surface area contributed by atoms with Gasteiger partial charge >= 0.3 is 0 Å². The standard InChI is InChI=1S/C27H33N5O2S2/c1-5-27(18-32(36(4,33)34)23-14-10-9-13-21(23)27)17-19(2)31(3)26-29-22-15-16-35-24(22)25(30-26)28-20-11-7-6-8-12-20/h6-14,19H,5,15-18H2,1-4H3,(H,28,29,30)/t19-,27?/m1/s1. The molecule has 0 fully saturated rings. The summed E-state index contributed by atoms with van der Waals surface area (Å²) in [4.78, 5) is 13.2. The van der Waals surface area contributed by atoms with E-state index >= 15 is 0 Å². The van der Waals surface area contributed by atoms with Crippen LogP contribution in [0.5, 0.6) is 0 Å². The van der Waals surface area contributed by atoms with Crippen molar-refractivity contribution < 1.29 is 8.42 Å². The van der Waals surface area contributed by atoms with Crippen LogP contribution in [0.2, 0.25) is 0 Å². The van der Waals surface area contributed by atoms with Gasteiger partial charge in [-0.25, -0.2) is 13.4 Å². The van der Waals surface area contributed by atoms with E-state index < -0.39 is 10.0 Å². The first kappa shape index (κ1) is 24.9. The lowest BCUT2D eigenvalue weighted by molar-refractivity contribution is 0.373. The summed E-state index contributed by atoms with van der Waals surface area (Å²) in [6, 6.07) is 18.1. The number of para-hydroxylation sites is 2. The molecule has 2 aliphatic heterocycles. The van der Waals surface area contributed by atoms with Crippen LogP contribution in [-0.2, 0) is 21.9 Å². The zero-order chi connectivity index (χ0) is 25.5. The minimum absolute atomic E-state index is 0.0918. The van der Waals surface area contributed by atoms with Gasteiger partial charge in [0.05, 0.1) is 22.5 Å². The lowest BCUT2D eigenvalue weighted by atomic mass is 9.75. The lowest BCUT2D eigenvalue weighted by Gasteiger charge is -2.36. The van der Waals surface area contributed by atoms with E-state index in [9.17, 15) is 8.42 Å². The van der Waals surface area contributed by atoms with E-state index in [1.165, 1.54) is 6.26 Å². The molecule has 9 heteroatoms. The second kappa shape index (κ2) is 9.59. The molecule has 2 aromatic carbocycles. The summed E-state index contributed by atoms with van der Waals surface area (Å²) in [5.74, 6) is 2.55. The van der Waals surface area contributed by atoms with E-state index in [2.05, 4.69) is 30.1 Å². The molecular formula is C27H33N5O2S2. The van der Waals surface area contributed by atoms with Gasteiger partial charge in [0, 0.05) is 42.9 Å². The molecule has 3 heterocycles. The van der Waals surface area contributed by atoms with Gasteiger partial charge in [-0.05, 0) is 43.5 Å². The number of anilines is 4. The molecule has 0 saturated heterocycles. The number of nitrogens with zero attached hydrogens (tertiary/aromatic N) is 4. The largest absolute Gasteiger partial charge is 0.341 e. The van der Waals surface area contributed by atoms with Gasteiger partial charge in [-0.15, -0.1) is 11.8 Å². The maximum Gasteiger partial charge on any atom is 0.232 e. The van der Waals surface area contributed by atoms with Gasteiger partial charge in [-0.2, -0.15) is 4.98 Å². The van der Waals surface area contributed by atoms with Crippen molar-refractivity contribution in [3.8, 4) is 0 Å². The van der Waals surface area contributed by atoms with Crippen molar-refractivity contribution in [1.29, 1.82) is 0 Å². The molecule has 0 amide bonds. The van der Waals surface area contributed by atoms with Crippen LogP contribution in [-0.4, -0.2) is 50.0 Å². The van der Waals surface area contributed by atoms with E-state index in [1.54, 1.807) is 16.1 Å². The molecule has 190 valence electrons. The molecule has 5 rings (SSSR count). The van der Waals surface area contributed by atoms with E-state index in [1.807, 2.05) is 55.6 Å². The molecule has 7 nitrogen and oxygen atoms in total. The number of fused-ring (bicyclic) bond motifs is 2. The average molecular weight is 524 g/mol. The number of aryl methyl sites for hydroxylation is 1. The highest BCUT2D eigenvalue weighted by atomic mass is 32.2. The SMILES string of the molecule is CCC1(C[C@@H](C)N(C)c2nc3c(c(Nc4ccccc4)n2)SCC3)CN(S(C)(=O)=O)c2ccccc21. The Hall–Kier alpha value is -2.78.